The van der Waals surface area contributed by atoms with Gasteiger partial charge in [-0.15, -0.1) is 0 Å². The molecule has 1 heterocycles. The molecule has 0 aromatic carbocycles. The summed E-state index contributed by atoms with van der Waals surface area (Å²) in [5.74, 6) is 0. The van der Waals surface area contributed by atoms with Crippen molar-refractivity contribution in [2.24, 2.45) is 0 Å². The molecule has 0 atom stereocenters. The quantitative estimate of drug-likeness (QED) is 0.605. The Labute approximate surface area is 73.7 Å². The number of hydrogen-bond donors (Lipinski definition) is 0. The fourth-order valence-corrected chi connectivity index (χ4v) is 1.15. The van der Waals surface area contributed by atoms with Crippen LogP contribution in [0.15, 0.2) is 0 Å². The van der Waals surface area contributed by atoms with Crippen LogP contribution in [-0.4, -0.2) is 30.7 Å². The number of carbonyl (C=O) groups excluding carboxylic acids is 1. The summed E-state index contributed by atoms with van der Waals surface area (Å²) in [6, 6.07) is 0. The van der Waals surface area contributed by atoms with Crippen molar-refractivity contribution in [3.8, 4) is 0 Å². The zero-order valence-electron chi connectivity index (χ0n) is 7.58. The molecule has 1 fully saturated rings. The first-order chi connectivity index (χ1) is 5.84. The monoisotopic (exact) mass is 170 g/mol. The van der Waals surface area contributed by atoms with Crippen LogP contribution in [-0.2, 0) is 4.74 Å². The van der Waals surface area contributed by atoms with Crippen LogP contribution in [0.4, 0.5) is 4.79 Å². The molecule has 0 bridgehead atoms. The molecule has 1 saturated heterocycles. The summed E-state index contributed by atoms with van der Waals surface area (Å²) in [5, 5.41) is 0. The van der Waals surface area contributed by atoms with Crippen molar-refractivity contribution in [2.45, 2.75) is 26.2 Å². The van der Waals surface area contributed by atoms with Crippen molar-refractivity contribution in [3.05, 3.63) is 6.42 Å². The molecule has 0 spiro atoms. The summed E-state index contributed by atoms with van der Waals surface area (Å²) in [7, 11) is 0. The first-order valence-electron chi connectivity index (χ1n) is 4.58. The van der Waals surface area contributed by atoms with Crippen LogP contribution in [0.3, 0.4) is 0 Å². The summed E-state index contributed by atoms with van der Waals surface area (Å²) in [6.07, 6.45) is 4.98. The minimum atomic E-state index is -0.155. The average molecular weight is 170 g/mol. The second-order valence-electron chi connectivity index (χ2n) is 2.99. The van der Waals surface area contributed by atoms with E-state index in [2.05, 4.69) is 13.3 Å². The highest BCUT2D eigenvalue weighted by molar-refractivity contribution is 5.68. The molecular weight excluding hydrogens is 154 g/mol. The van der Waals surface area contributed by atoms with Crippen molar-refractivity contribution in [1.82, 2.24) is 4.90 Å². The molecule has 0 N–H and O–H groups in total. The van der Waals surface area contributed by atoms with Gasteiger partial charge < -0.3 is 9.64 Å². The topological polar surface area (TPSA) is 29.5 Å². The molecule has 1 rings (SSSR count). The van der Waals surface area contributed by atoms with E-state index in [0.717, 1.165) is 32.4 Å². The first-order valence-corrected chi connectivity index (χ1v) is 4.58. The van der Waals surface area contributed by atoms with Crippen molar-refractivity contribution < 1.29 is 9.53 Å². The largest absolute Gasteiger partial charge is 0.449 e. The van der Waals surface area contributed by atoms with Crippen LogP contribution < -0.4 is 0 Å². The van der Waals surface area contributed by atoms with Crippen molar-refractivity contribution >= 4 is 6.09 Å². The molecule has 1 aliphatic rings. The van der Waals surface area contributed by atoms with Gasteiger partial charge in [0.25, 0.3) is 0 Å². The van der Waals surface area contributed by atoms with E-state index in [-0.39, 0.29) is 6.09 Å². The minimum absolute atomic E-state index is 0.155. The Morgan fingerprint density at radius 2 is 2.50 bits per heavy atom. The first kappa shape index (κ1) is 9.36. The number of likely N-dealkylation sites (tertiary alicyclic amines) is 1. The van der Waals surface area contributed by atoms with Crippen LogP contribution in [0.5, 0.6) is 0 Å². The van der Waals surface area contributed by atoms with E-state index in [1.807, 2.05) is 0 Å². The van der Waals surface area contributed by atoms with Crippen LogP contribution in [0.1, 0.15) is 26.2 Å². The Morgan fingerprint density at radius 1 is 1.67 bits per heavy atom. The molecule has 1 radical (unpaired) electrons. The van der Waals surface area contributed by atoms with E-state index < -0.39 is 0 Å². The van der Waals surface area contributed by atoms with Gasteiger partial charge in [0.15, 0.2) is 0 Å². The molecule has 0 aromatic rings. The summed E-state index contributed by atoms with van der Waals surface area (Å²) >= 11 is 0. The predicted molar refractivity (Wildman–Crippen MR) is 46.7 cm³/mol. The van der Waals surface area contributed by atoms with E-state index in [0.29, 0.717) is 6.61 Å². The number of ether oxygens (including phenoxy) is 1. The predicted octanol–water partition coefficient (Wildman–Crippen LogP) is 1.83. The molecular formula is C9H16NO2. The van der Waals surface area contributed by atoms with Gasteiger partial charge in [-0.05, 0) is 19.3 Å². The smallest absolute Gasteiger partial charge is 0.409 e. The number of nitrogens with zero attached hydrogens (tertiary/aromatic N) is 1. The summed E-state index contributed by atoms with van der Waals surface area (Å²) in [6.45, 7) is 4.22. The second-order valence-corrected chi connectivity index (χ2v) is 2.99. The number of hydrogen-bond acceptors (Lipinski definition) is 2. The lowest BCUT2D eigenvalue weighted by Gasteiger charge is -2.14. The van der Waals surface area contributed by atoms with E-state index >= 15 is 0 Å². The highest BCUT2D eigenvalue weighted by atomic mass is 16.6. The van der Waals surface area contributed by atoms with E-state index in [9.17, 15) is 4.79 Å². The Kier molecular flexibility index (Phi) is 3.91. The van der Waals surface area contributed by atoms with Crippen molar-refractivity contribution in [2.75, 3.05) is 19.7 Å². The van der Waals surface area contributed by atoms with Gasteiger partial charge in [0.05, 0.1) is 6.61 Å². The average Bonchev–Trinajstić information content (AvgIpc) is 2.56. The van der Waals surface area contributed by atoms with E-state index in [1.165, 1.54) is 0 Å². The molecule has 0 unspecified atom stereocenters. The second kappa shape index (κ2) is 5.01. The summed E-state index contributed by atoms with van der Waals surface area (Å²) in [4.78, 5) is 12.9. The lowest BCUT2D eigenvalue weighted by molar-refractivity contribution is 0.110. The number of amides is 1. The Bertz CT molecular complexity index is 141. The van der Waals surface area contributed by atoms with Crippen molar-refractivity contribution in [3.63, 3.8) is 0 Å². The highest BCUT2D eigenvalue weighted by Crippen LogP contribution is 2.07. The van der Waals surface area contributed by atoms with Crippen LogP contribution in [0.25, 0.3) is 0 Å². The zero-order chi connectivity index (χ0) is 8.81. The van der Waals surface area contributed by atoms with Gasteiger partial charge in [-0.2, -0.15) is 0 Å². The van der Waals surface area contributed by atoms with E-state index in [4.69, 9.17) is 4.74 Å². The van der Waals surface area contributed by atoms with Crippen LogP contribution in [0, 0.1) is 6.42 Å². The van der Waals surface area contributed by atoms with Crippen molar-refractivity contribution in [1.29, 1.82) is 0 Å². The molecule has 0 aromatic heterocycles. The lowest BCUT2D eigenvalue weighted by Crippen LogP contribution is -2.28. The zero-order valence-corrected chi connectivity index (χ0v) is 7.58. The van der Waals surface area contributed by atoms with Gasteiger partial charge >= 0.3 is 6.09 Å². The Morgan fingerprint density at radius 3 is 3.08 bits per heavy atom. The third kappa shape index (κ3) is 2.72. The lowest BCUT2D eigenvalue weighted by atomic mass is 10.4. The maximum atomic E-state index is 11.2. The Hall–Kier alpha value is -0.730. The molecule has 1 aliphatic heterocycles. The van der Waals surface area contributed by atoms with E-state index in [1.54, 1.807) is 4.90 Å². The maximum Gasteiger partial charge on any atom is 0.409 e. The summed E-state index contributed by atoms with van der Waals surface area (Å²) < 4.78 is 5.03. The van der Waals surface area contributed by atoms with Crippen LogP contribution >= 0.6 is 0 Å². The minimum Gasteiger partial charge on any atom is -0.449 e. The van der Waals surface area contributed by atoms with Gasteiger partial charge in [0.2, 0.25) is 0 Å². The molecule has 0 aliphatic carbocycles. The number of rotatable bonds is 3. The molecule has 69 valence electrons. The van der Waals surface area contributed by atoms with Gasteiger partial charge in [-0.25, -0.2) is 4.79 Å². The maximum absolute atomic E-state index is 11.2. The third-order valence-corrected chi connectivity index (χ3v) is 1.93. The molecule has 12 heavy (non-hydrogen) atoms. The fraction of sp³-hybridized carbons (Fsp3) is 0.778. The number of carbonyl (C=O) groups is 1. The summed E-state index contributed by atoms with van der Waals surface area (Å²) in [5.41, 5.74) is 0. The molecule has 3 nitrogen and oxygen atoms in total. The fourth-order valence-electron chi connectivity index (χ4n) is 1.15. The molecule has 3 heteroatoms. The van der Waals surface area contributed by atoms with Gasteiger partial charge in [0, 0.05) is 13.1 Å². The Balaban J connectivity index is 2.10. The SMILES string of the molecule is CCCCOC(=O)N1C[CH]CC1. The van der Waals surface area contributed by atoms with Gasteiger partial charge in [-0.3, -0.25) is 0 Å². The van der Waals surface area contributed by atoms with Crippen LogP contribution in [0.2, 0.25) is 0 Å². The van der Waals surface area contributed by atoms with Gasteiger partial charge in [-0.1, -0.05) is 13.3 Å². The third-order valence-electron chi connectivity index (χ3n) is 1.93. The normalized spacial score (nSPS) is 16.6. The van der Waals surface area contributed by atoms with Gasteiger partial charge in [0.1, 0.15) is 0 Å². The standard InChI is InChI=1S/C9H16NO2/c1-2-3-8-12-9(11)10-6-4-5-7-10/h4H,2-3,5-8H2,1H3. The number of unbranched alkanes of at least 4 members (excludes halogenated alkanes) is 1. The molecule has 0 saturated carbocycles. The highest BCUT2D eigenvalue weighted by Gasteiger charge is 2.18. The molecule has 1 amide bonds.